The van der Waals surface area contributed by atoms with Gasteiger partial charge in [-0.2, -0.15) is 0 Å². The van der Waals surface area contributed by atoms with Gasteiger partial charge < -0.3 is 5.32 Å². The van der Waals surface area contributed by atoms with Crippen molar-refractivity contribution in [1.82, 2.24) is 10.3 Å². The summed E-state index contributed by atoms with van der Waals surface area (Å²) in [5, 5.41) is 6.87. The molecule has 0 aliphatic heterocycles. The van der Waals surface area contributed by atoms with Crippen molar-refractivity contribution in [3.05, 3.63) is 69.6 Å². The van der Waals surface area contributed by atoms with E-state index in [0.29, 0.717) is 5.75 Å². The van der Waals surface area contributed by atoms with Gasteiger partial charge in [-0.3, -0.25) is 4.79 Å². The quantitative estimate of drug-likeness (QED) is 0.662. The largest absolute Gasteiger partial charge is 0.344 e. The van der Waals surface area contributed by atoms with Crippen LogP contribution in [0.15, 0.2) is 57.7 Å². The molecule has 0 bridgehead atoms. The summed E-state index contributed by atoms with van der Waals surface area (Å²) in [4.78, 5) is 17.4. The Labute approximate surface area is 145 Å². The fraction of sp³-hybridized carbons (Fsp3) is 0.125. The highest BCUT2D eigenvalue weighted by Crippen LogP contribution is 2.27. The molecule has 3 rings (SSSR count). The molecule has 118 valence electrons. The first kappa shape index (κ1) is 16.2. The lowest BCUT2D eigenvalue weighted by Crippen LogP contribution is -2.30. The molecule has 0 saturated heterocycles. The number of amides is 1. The Kier molecular flexibility index (Phi) is 5.43. The Morgan fingerprint density at radius 1 is 1.22 bits per heavy atom. The zero-order valence-electron chi connectivity index (χ0n) is 11.9. The number of thiophene rings is 1. The molecule has 0 aliphatic carbocycles. The van der Waals surface area contributed by atoms with Crippen molar-refractivity contribution < 1.29 is 9.18 Å². The predicted molar refractivity (Wildman–Crippen MR) is 93.5 cm³/mol. The summed E-state index contributed by atoms with van der Waals surface area (Å²) in [7, 11) is 0. The van der Waals surface area contributed by atoms with Gasteiger partial charge in [0.25, 0.3) is 0 Å². The lowest BCUT2D eigenvalue weighted by Gasteiger charge is -2.18. The second-order valence-electron chi connectivity index (χ2n) is 4.65. The van der Waals surface area contributed by atoms with Crippen molar-refractivity contribution in [2.45, 2.75) is 10.4 Å². The minimum atomic E-state index is -0.288. The minimum absolute atomic E-state index is 0.0760. The van der Waals surface area contributed by atoms with Crippen LogP contribution in [-0.2, 0) is 4.79 Å². The molecule has 1 aromatic carbocycles. The van der Waals surface area contributed by atoms with Crippen LogP contribution in [0.2, 0.25) is 0 Å². The van der Waals surface area contributed by atoms with E-state index in [1.165, 1.54) is 35.2 Å². The molecule has 0 saturated carbocycles. The van der Waals surface area contributed by atoms with Crippen molar-refractivity contribution in [1.29, 1.82) is 0 Å². The van der Waals surface area contributed by atoms with Gasteiger partial charge in [-0.25, -0.2) is 9.37 Å². The highest BCUT2D eigenvalue weighted by molar-refractivity contribution is 8.01. The lowest BCUT2D eigenvalue weighted by atomic mass is 10.1. The van der Waals surface area contributed by atoms with Crippen LogP contribution in [0, 0.1) is 5.82 Å². The van der Waals surface area contributed by atoms with E-state index < -0.39 is 0 Å². The van der Waals surface area contributed by atoms with E-state index in [9.17, 15) is 9.18 Å². The molecule has 0 spiro atoms. The highest BCUT2D eigenvalue weighted by atomic mass is 32.2. The van der Waals surface area contributed by atoms with Crippen LogP contribution in [0.1, 0.15) is 16.5 Å². The summed E-state index contributed by atoms with van der Waals surface area (Å²) in [6.45, 7) is 0. The van der Waals surface area contributed by atoms with Crippen LogP contribution in [0.4, 0.5) is 4.39 Å². The van der Waals surface area contributed by atoms with Gasteiger partial charge in [0.1, 0.15) is 10.2 Å². The highest BCUT2D eigenvalue weighted by Gasteiger charge is 2.18. The van der Waals surface area contributed by atoms with E-state index in [2.05, 4.69) is 10.3 Å². The van der Waals surface area contributed by atoms with E-state index in [1.54, 1.807) is 29.7 Å². The SMILES string of the molecule is O=C(CSc1nccs1)NC(c1ccc(F)cc1)c1cccs1. The van der Waals surface area contributed by atoms with Crippen molar-refractivity contribution in [2.75, 3.05) is 5.75 Å². The summed E-state index contributed by atoms with van der Waals surface area (Å²) in [5.41, 5.74) is 0.862. The average Bonchev–Trinajstić information content (AvgIpc) is 3.25. The second-order valence-corrected chi connectivity index (χ2v) is 7.75. The van der Waals surface area contributed by atoms with Gasteiger partial charge in [-0.15, -0.1) is 22.7 Å². The van der Waals surface area contributed by atoms with E-state index in [0.717, 1.165) is 14.8 Å². The van der Waals surface area contributed by atoms with Crippen LogP contribution in [0.25, 0.3) is 0 Å². The molecule has 2 aromatic heterocycles. The molecule has 0 fully saturated rings. The zero-order valence-corrected chi connectivity index (χ0v) is 14.4. The molecule has 3 nitrogen and oxygen atoms in total. The number of halogens is 1. The standard InChI is InChI=1S/C16H13FN2OS3/c17-12-5-3-11(4-6-12)15(13-2-1-8-21-13)19-14(20)10-23-16-18-7-9-22-16/h1-9,15H,10H2,(H,19,20). The number of rotatable bonds is 6. The maximum absolute atomic E-state index is 13.1. The third kappa shape index (κ3) is 4.40. The first-order chi connectivity index (χ1) is 11.2. The predicted octanol–water partition coefficient (Wildman–Crippen LogP) is 4.34. The van der Waals surface area contributed by atoms with Crippen LogP contribution < -0.4 is 5.32 Å². The molecule has 0 aliphatic rings. The Hall–Kier alpha value is -1.70. The number of carbonyl (C=O) groups is 1. The molecule has 1 N–H and O–H groups in total. The van der Waals surface area contributed by atoms with Crippen molar-refractivity contribution in [2.24, 2.45) is 0 Å². The van der Waals surface area contributed by atoms with Crippen LogP contribution in [0.5, 0.6) is 0 Å². The normalized spacial score (nSPS) is 12.0. The van der Waals surface area contributed by atoms with Gasteiger partial charge in [0.2, 0.25) is 5.91 Å². The summed E-state index contributed by atoms with van der Waals surface area (Å²) in [6, 6.07) is 9.86. The molecule has 0 radical (unpaired) electrons. The molecule has 1 atom stereocenters. The smallest absolute Gasteiger partial charge is 0.231 e. The van der Waals surface area contributed by atoms with Crippen molar-refractivity contribution in [3.8, 4) is 0 Å². The summed E-state index contributed by atoms with van der Waals surface area (Å²) in [6.07, 6.45) is 1.72. The monoisotopic (exact) mass is 364 g/mol. The number of carbonyl (C=O) groups excluding carboxylic acids is 1. The first-order valence-corrected chi connectivity index (χ1v) is 9.57. The third-order valence-electron chi connectivity index (χ3n) is 3.07. The summed E-state index contributed by atoms with van der Waals surface area (Å²) in [5.74, 6) is -0.0615. The zero-order chi connectivity index (χ0) is 16.1. The van der Waals surface area contributed by atoms with Crippen LogP contribution in [-0.4, -0.2) is 16.6 Å². The fourth-order valence-electron chi connectivity index (χ4n) is 2.04. The molecular formula is C16H13FN2OS3. The number of benzene rings is 1. The molecule has 1 amide bonds. The molecule has 23 heavy (non-hydrogen) atoms. The average molecular weight is 364 g/mol. The number of nitrogens with one attached hydrogen (secondary N) is 1. The van der Waals surface area contributed by atoms with Gasteiger partial charge >= 0.3 is 0 Å². The maximum Gasteiger partial charge on any atom is 0.231 e. The van der Waals surface area contributed by atoms with E-state index >= 15 is 0 Å². The Balaban J connectivity index is 1.71. The maximum atomic E-state index is 13.1. The van der Waals surface area contributed by atoms with Gasteiger partial charge in [-0.1, -0.05) is 30.0 Å². The minimum Gasteiger partial charge on any atom is -0.344 e. The van der Waals surface area contributed by atoms with Gasteiger partial charge in [0.05, 0.1) is 11.8 Å². The topological polar surface area (TPSA) is 42.0 Å². The van der Waals surface area contributed by atoms with Gasteiger partial charge in [0.15, 0.2) is 0 Å². The second kappa shape index (κ2) is 7.72. The number of hydrogen-bond acceptors (Lipinski definition) is 5. The number of thiazole rings is 1. The molecule has 7 heteroatoms. The Morgan fingerprint density at radius 3 is 2.70 bits per heavy atom. The Morgan fingerprint density at radius 2 is 2.04 bits per heavy atom. The lowest BCUT2D eigenvalue weighted by molar-refractivity contribution is -0.119. The number of nitrogens with zero attached hydrogens (tertiary/aromatic N) is 1. The number of aromatic nitrogens is 1. The molecular weight excluding hydrogens is 351 g/mol. The fourth-order valence-corrected chi connectivity index (χ4v) is 4.29. The van der Waals surface area contributed by atoms with E-state index in [-0.39, 0.29) is 17.8 Å². The molecule has 3 aromatic rings. The number of hydrogen-bond donors (Lipinski definition) is 1. The van der Waals surface area contributed by atoms with Gasteiger partial charge in [0, 0.05) is 16.5 Å². The van der Waals surface area contributed by atoms with Crippen molar-refractivity contribution >= 4 is 40.3 Å². The van der Waals surface area contributed by atoms with E-state index in [1.807, 2.05) is 22.9 Å². The third-order valence-corrected chi connectivity index (χ3v) is 5.98. The molecule has 1 unspecified atom stereocenters. The van der Waals surface area contributed by atoms with Crippen LogP contribution in [0.3, 0.4) is 0 Å². The Bertz CT molecular complexity index is 742. The number of thioether (sulfide) groups is 1. The first-order valence-electron chi connectivity index (χ1n) is 6.83. The molecule has 2 heterocycles. The van der Waals surface area contributed by atoms with E-state index in [4.69, 9.17) is 0 Å². The van der Waals surface area contributed by atoms with Crippen molar-refractivity contribution in [3.63, 3.8) is 0 Å². The summed E-state index contributed by atoms with van der Waals surface area (Å²) < 4.78 is 14.0. The summed E-state index contributed by atoms with van der Waals surface area (Å²) >= 11 is 4.48. The van der Waals surface area contributed by atoms with Crippen LogP contribution >= 0.6 is 34.4 Å². The van der Waals surface area contributed by atoms with Gasteiger partial charge in [-0.05, 0) is 29.1 Å².